The van der Waals surface area contributed by atoms with Gasteiger partial charge in [-0.05, 0) is 18.2 Å². The fourth-order valence-corrected chi connectivity index (χ4v) is 2.35. The second-order valence-corrected chi connectivity index (χ2v) is 5.59. The van der Waals surface area contributed by atoms with Gasteiger partial charge in [-0.25, -0.2) is 0 Å². The summed E-state index contributed by atoms with van der Waals surface area (Å²) in [7, 11) is 3.36. The highest BCUT2D eigenvalue weighted by molar-refractivity contribution is 9.10. The van der Waals surface area contributed by atoms with Crippen LogP contribution in [0.15, 0.2) is 35.1 Å². The van der Waals surface area contributed by atoms with Crippen LogP contribution in [0.4, 0.5) is 5.69 Å². The Hall–Kier alpha value is -2.02. The molecule has 7 heteroatoms. The fraction of sp³-hybridized carbons (Fsp3) is 0.286. The number of methoxy groups -OCH3 is 1. The highest BCUT2D eigenvalue weighted by atomic mass is 79.9. The summed E-state index contributed by atoms with van der Waals surface area (Å²) < 4.78 is 7.77. The number of nitrogens with zero attached hydrogens (tertiary/aromatic N) is 3. The Labute approximate surface area is 131 Å². The van der Waals surface area contributed by atoms with E-state index >= 15 is 0 Å². The lowest BCUT2D eigenvalue weighted by Gasteiger charge is -2.19. The van der Waals surface area contributed by atoms with Gasteiger partial charge in [0.25, 0.3) is 0 Å². The maximum Gasteiger partial charge on any atom is 0.244 e. The SMILES string of the molecule is COc1ccc(Br)cc1CN(C)C(=O)Cn1cc(N)cn1. The van der Waals surface area contributed by atoms with Crippen LogP contribution in [0.5, 0.6) is 5.75 Å². The first-order chi connectivity index (χ1) is 9.99. The minimum atomic E-state index is -0.0554. The number of nitrogen functional groups attached to an aromatic ring is 1. The minimum Gasteiger partial charge on any atom is -0.496 e. The Balaban J connectivity index is 2.05. The highest BCUT2D eigenvalue weighted by Crippen LogP contribution is 2.24. The van der Waals surface area contributed by atoms with Gasteiger partial charge < -0.3 is 15.4 Å². The van der Waals surface area contributed by atoms with E-state index in [0.29, 0.717) is 12.2 Å². The van der Waals surface area contributed by atoms with Crippen molar-refractivity contribution in [3.05, 3.63) is 40.6 Å². The van der Waals surface area contributed by atoms with Gasteiger partial charge in [0.1, 0.15) is 12.3 Å². The lowest BCUT2D eigenvalue weighted by atomic mass is 10.2. The van der Waals surface area contributed by atoms with Crippen LogP contribution >= 0.6 is 15.9 Å². The molecule has 0 saturated heterocycles. The Bertz CT molecular complexity index is 642. The average Bonchev–Trinajstić information content (AvgIpc) is 2.84. The number of ether oxygens (including phenoxy) is 1. The summed E-state index contributed by atoms with van der Waals surface area (Å²) in [5, 5.41) is 4.01. The molecule has 1 amide bonds. The molecule has 21 heavy (non-hydrogen) atoms. The number of likely N-dealkylation sites (N-methyl/N-ethyl adjacent to an activating group) is 1. The Morgan fingerprint density at radius 3 is 2.90 bits per heavy atom. The summed E-state index contributed by atoms with van der Waals surface area (Å²) >= 11 is 3.42. The van der Waals surface area contributed by atoms with Crippen molar-refractivity contribution in [2.45, 2.75) is 13.1 Å². The molecule has 1 aromatic carbocycles. The number of benzene rings is 1. The van der Waals surface area contributed by atoms with E-state index in [1.165, 1.54) is 10.9 Å². The third kappa shape index (κ3) is 3.98. The number of hydrogen-bond acceptors (Lipinski definition) is 4. The molecule has 2 rings (SSSR count). The molecule has 0 fully saturated rings. The van der Waals surface area contributed by atoms with Gasteiger partial charge in [0.2, 0.25) is 5.91 Å². The van der Waals surface area contributed by atoms with Gasteiger partial charge >= 0.3 is 0 Å². The quantitative estimate of drug-likeness (QED) is 0.891. The van der Waals surface area contributed by atoms with Gasteiger partial charge in [0, 0.05) is 29.8 Å². The van der Waals surface area contributed by atoms with Crippen molar-refractivity contribution < 1.29 is 9.53 Å². The summed E-state index contributed by atoms with van der Waals surface area (Å²) in [4.78, 5) is 13.8. The van der Waals surface area contributed by atoms with Crippen LogP contribution < -0.4 is 10.5 Å². The van der Waals surface area contributed by atoms with E-state index < -0.39 is 0 Å². The molecule has 2 aromatic rings. The molecule has 0 aliphatic heterocycles. The number of rotatable bonds is 5. The lowest BCUT2D eigenvalue weighted by molar-refractivity contribution is -0.131. The Morgan fingerprint density at radius 1 is 1.52 bits per heavy atom. The number of amides is 1. The van der Waals surface area contributed by atoms with Crippen molar-refractivity contribution >= 4 is 27.5 Å². The molecule has 0 bridgehead atoms. The molecule has 0 aliphatic rings. The van der Waals surface area contributed by atoms with Crippen molar-refractivity contribution in [3.63, 3.8) is 0 Å². The smallest absolute Gasteiger partial charge is 0.244 e. The summed E-state index contributed by atoms with van der Waals surface area (Å²) in [6, 6.07) is 5.71. The van der Waals surface area contributed by atoms with Crippen LogP contribution in [0.3, 0.4) is 0 Å². The molecule has 112 valence electrons. The second kappa shape index (κ2) is 6.62. The molecule has 0 saturated carbocycles. The molecule has 0 unspecified atom stereocenters. The number of anilines is 1. The Morgan fingerprint density at radius 2 is 2.29 bits per heavy atom. The van der Waals surface area contributed by atoms with E-state index in [2.05, 4.69) is 21.0 Å². The van der Waals surface area contributed by atoms with Crippen LogP contribution in [0.1, 0.15) is 5.56 Å². The van der Waals surface area contributed by atoms with E-state index in [1.54, 1.807) is 25.3 Å². The summed E-state index contributed by atoms with van der Waals surface area (Å²) in [5.74, 6) is 0.696. The van der Waals surface area contributed by atoms with Gasteiger partial charge in [-0.15, -0.1) is 0 Å². The first-order valence-electron chi connectivity index (χ1n) is 6.34. The second-order valence-electron chi connectivity index (χ2n) is 4.68. The number of nitrogens with two attached hydrogens (primary N) is 1. The van der Waals surface area contributed by atoms with E-state index in [1.807, 2.05) is 18.2 Å². The van der Waals surface area contributed by atoms with Crippen LogP contribution in [0, 0.1) is 0 Å². The number of hydrogen-bond donors (Lipinski definition) is 1. The topological polar surface area (TPSA) is 73.4 Å². The zero-order valence-corrected chi connectivity index (χ0v) is 13.5. The van der Waals surface area contributed by atoms with E-state index in [0.717, 1.165) is 15.8 Å². The van der Waals surface area contributed by atoms with Crippen molar-refractivity contribution in [2.24, 2.45) is 0 Å². The minimum absolute atomic E-state index is 0.0554. The lowest BCUT2D eigenvalue weighted by Crippen LogP contribution is -2.30. The van der Waals surface area contributed by atoms with E-state index in [-0.39, 0.29) is 12.5 Å². The number of carbonyl (C=O) groups excluding carboxylic acids is 1. The van der Waals surface area contributed by atoms with Gasteiger partial charge in [0.05, 0.1) is 19.0 Å². The van der Waals surface area contributed by atoms with Crippen LogP contribution in [-0.2, 0) is 17.9 Å². The third-order valence-corrected chi connectivity index (χ3v) is 3.52. The van der Waals surface area contributed by atoms with Crippen molar-refractivity contribution in [1.29, 1.82) is 0 Å². The first kappa shape index (κ1) is 15.4. The van der Waals surface area contributed by atoms with Crippen molar-refractivity contribution in [3.8, 4) is 5.75 Å². The molecule has 1 heterocycles. The fourth-order valence-electron chi connectivity index (χ4n) is 1.94. The molecular formula is C14H17BrN4O2. The molecule has 1 aromatic heterocycles. The number of aromatic nitrogens is 2. The predicted molar refractivity (Wildman–Crippen MR) is 83.8 cm³/mol. The summed E-state index contributed by atoms with van der Waals surface area (Å²) in [6.07, 6.45) is 3.15. The normalized spacial score (nSPS) is 10.4. The zero-order chi connectivity index (χ0) is 15.4. The molecular weight excluding hydrogens is 336 g/mol. The zero-order valence-electron chi connectivity index (χ0n) is 11.9. The van der Waals surface area contributed by atoms with E-state index in [9.17, 15) is 4.79 Å². The largest absolute Gasteiger partial charge is 0.496 e. The highest BCUT2D eigenvalue weighted by Gasteiger charge is 2.13. The standard InChI is InChI=1S/C14H17BrN4O2/c1-18(14(20)9-19-8-12(16)6-17-19)7-10-5-11(15)3-4-13(10)21-2/h3-6,8H,7,9,16H2,1-2H3. The van der Waals surface area contributed by atoms with Gasteiger partial charge in [-0.1, -0.05) is 15.9 Å². The van der Waals surface area contributed by atoms with Crippen molar-refractivity contribution in [1.82, 2.24) is 14.7 Å². The Kier molecular flexibility index (Phi) is 4.85. The molecule has 0 atom stereocenters. The van der Waals surface area contributed by atoms with Crippen LogP contribution in [0.2, 0.25) is 0 Å². The molecule has 6 nitrogen and oxygen atoms in total. The average molecular weight is 353 g/mol. The van der Waals surface area contributed by atoms with Gasteiger partial charge in [-0.2, -0.15) is 5.10 Å². The monoisotopic (exact) mass is 352 g/mol. The number of carbonyl (C=O) groups is 1. The van der Waals surface area contributed by atoms with Gasteiger partial charge in [0.15, 0.2) is 0 Å². The summed E-state index contributed by atoms with van der Waals surface area (Å²) in [6.45, 7) is 0.613. The predicted octanol–water partition coefficient (Wildman–Crippen LogP) is 1.89. The maximum atomic E-state index is 12.2. The number of halogens is 1. The molecule has 0 radical (unpaired) electrons. The first-order valence-corrected chi connectivity index (χ1v) is 7.13. The molecule has 2 N–H and O–H groups in total. The molecule has 0 aliphatic carbocycles. The summed E-state index contributed by atoms with van der Waals surface area (Å²) in [5.41, 5.74) is 7.05. The van der Waals surface area contributed by atoms with Gasteiger partial charge in [-0.3, -0.25) is 9.48 Å². The van der Waals surface area contributed by atoms with Crippen molar-refractivity contribution in [2.75, 3.05) is 19.9 Å². The van der Waals surface area contributed by atoms with Crippen LogP contribution in [-0.4, -0.2) is 34.7 Å². The van der Waals surface area contributed by atoms with Crippen LogP contribution in [0.25, 0.3) is 0 Å². The third-order valence-electron chi connectivity index (χ3n) is 3.03. The maximum absolute atomic E-state index is 12.2. The van der Waals surface area contributed by atoms with E-state index in [4.69, 9.17) is 10.5 Å². The molecule has 0 spiro atoms.